The molecule has 1 aromatic heterocycles. The summed E-state index contributed by atoms with van der Waals surface area (Å²) >= 11 is 0. The Kier molecular flexibility index (Phi) is 7.82. The number of benzene rings is 1. The van der Waals surface area contributed by atoms with Crippen LogP contribution in [0.1, 0.15) is 109 Å². The zero-order valence-electron chi connectivity index (χ0n) is 23.6. The molecule has 208 valence electrons. The summed E-state index contributed by atoms with van der Waals surface area (Å²) in [6, 6.07) is 11.5. The minimum absolute atomic E-state index is 0.157. The summed E-state index contributed by atoms with van der Waals surface area (Å²) in [5.74, 6) is 2.79. The largest absolute Gasteiger partial charge is 0.480 e. The number of piperidine rings is 3. The third-order valence-corrected chi connectivity index (χ3v) is 10.8. The summed E-state index contributed by atoms with van der Waals surface area (Å²) in [5.41, 5.74) is 2.44. The fraction of sp³-hybridized carbons (Fsp3) is 0.750. The molecule has 3 aliphatic heterocycles. The van der Waals surface area contributed by atoms with Gasteiger partial charge in [-0.2, -0.15) is 0 Å². The lowest BCUT2D eigenvalue weighted by Crippen LogP contribution is -2.58. The molecule has 4 heterocycles. The van der Waals surface area contributed by atoms with Gasteiger partial charge in [-0.1, -0.05) is 45.2 Å². The lowest BCUT2D eigenvalue weighted by atomic mass is 9.72. The van der Waals surface area contributed by atoms with Crippen molar-refractivity contribution in [3.05, 3.63) is 30.1 Å². The summed E-state index contributed by atoms with van der Waals surface area (Å²) in [6.45, 7) is 6.67. The van der Waals surface area contributed by atoms with Gasteiger partial charge in [0.25, 0.3) is 0 Å². The molecule has 6 heteroatoms. The summed E-state index contributed by atoms with van der Waals surface area (Å²) in [6.07, 6.45) is 15.6. The highest BCUT2D eigenvalue weighted by atomic mass is 16.4. The minimum atomic E-state index is -0.720. The van der Waals surface area contributed by atoms with E-state index >= 15 is 0 Å². The maximum atomic E-state index is 11.2. The van der Waals surface area contributed by atoms with Crippen molar-refractivity contribution in [2.75, 3.05) is 19.6 Å². The van der Waals surface area contributed by atoms with Gasteiger partial charge in [-0.25, -0.2) is 4.98 Å². The van der Waals surface area contributed by atoms with E-state index in [-0.39, 0.29) is 6.54 Å². The summed E-state index contributed by atoms with van der Waals surface area (Å²) in [5, 5.41) is 9.25. The van der Waals surface area contributed by atoms with Crippen LogP contribution in [-0.4, -0.2) is 68.2 Å². The van der Waals surface area contributed by atoms with Gasteiger partial charge in [0.2, 0.25) is 0 Å². The number of carbonyl (C=O) groups is 1. The maximum absolute atomic E-state index is 11.2. The van der Waals surface area contributed by atoms with E-state index in [1.165, 1.54) is 75.5 Å². The Bertz CT molecular complexity index is 1080. The van der Waals surface area contributed by atoms with Gasteiger partial charge in [-0.15, -0.1) is 0 Å². The molecule has 0 spiro atoms. The topological polar surface area (TPSA) is 61.6 Å². The lowest BCUT2D eigenvalue weighted by molar-refractivity contribution is -0.138. The lowest BCUT2D eigenvalue weighted by Gasteiger charge is -2.55. The van der Waals surface area contributed by atoms with Crippen molar-refractivity contribution in [1.29, 1.82) is 0 Å². The molecule has 1 aliphatic carbocycles. The second-order valence-electron chi connectivity index (χ2n) is 13.0. The summed E-state index contributed by atoms with van der Waals surface area (Å²) < 4.78 is 2.67. The monoisotopic (exact) mass is 520 g/mol. The van der Waals surface area contributed by atoms with E-state index in [0.717, 1.165) is 49.3 Å². The molecule has 4 fully saturated rings. The van der Waals surface area contributed by atoms with Crippen LogP contribution in [0.4, 0.5) is 0 Å². The molecular formula is C32H48N4O2. The summed E-state index contributed by atoms with van der Waals surface area (Å²) in [7, 11) is 0. The van der Waals surface area contributed by atoms with Crippen molar-refractivity contribution in [1.82, 2.24) is 19.4 Å². The van der Waals surface area contributed by atoms with E-state index in [2.05, 4.69) is 52.5 Å². The van der Waals surface area contributed by atoms with Crippen LogP contribution >= 0.6 is 0 Å². The van der Waals surface area contributed by atoms with Gasteiger partial charge >= 0.3 is 5.97 Å². The third kappa shape index (κ3) is 5.15. The van der Waals surface area contributed by atoms with Crippen molar-refractivity contribution < 1.29 is 9.90 Å². The maximum Gasteiger partial charge on any atom is 0.317 e. The number of hydrogen-bond acceptors (Lipinski definition) is 4. The van der Waals surface area contributed by atoms with E-state index in [0.29, 0.717) is 24.0 Å². The smallest absolute Gasteiger partial charge is 0.317 e. The van der Waals surface area contributed by atoms with Crippen LogP contribution in [0, 0.1) is 11.8 Å². The average Bonchev–Trinajstić information content (AvgIpc) is 3.31. The number of aromatic nitrogens is 2. The second kappa shape index (κ2) is 11.3. The van der Waals surface area contributed by atoms with Crippen LogP contribution in [0.15, 0.2) is 24.3 Å². The first kappa shape index (κ1) is 26.3. The summed E-state index contributed by atoms with van der Waals surface area (Å²) in [4.78, 5) is 21.6. The van der Waals surface area contributed by atoms with E-state index in [1.807, 2.05) is 0 Å². The van der Waals surface area contributed by atoms with Gasteiger partial charge in [0.1, 0.15) is 5.82 Å². The average molecular weight is 521 g/mol. The van der Waals surface area contributed by atoms with E-state index in [1.54, 1.807) is 0 Å². The SMILES string of the molecule is CCC1CC(CC)CC(N2C3CCCC2CC(n2c(C4CCN(CC(=O)O)CC4)nc4ccccc42)C3)C1. The molecule has 4 unspecified atom stereocenters. The highest BCUT2D eigenvalue weighted by Crippen LogP contribution is 2.47. The number of likely N-dealkylation sites (tertiary alicyclic amines) is 1. The Labute approximate surface area is 228 Å². The predicted octanol–water partition coefficient (Wildman–Crippen LogP) is 6.46. The Morgan fingerprint density at radius 1 is 0.868 bits per heavy atom. The fourth-order valence-electron chi connectivity index (χ4n) is 8.91. The standard InChI is InChI=1S/C32H48N4O2/c1-3-22-16-23(4-2)18-27(17-22)35-25-8-7-9-26(35)20-28(19-25)36-30-11-6-5-10-29(30)33-32(36)24-12-14-34(15-13-24)21-31(37)38/h5-6,10-11,22-28H,3-4,7-9,12-21H2,1-2H3,(H,37,38). The van der Waals surface area contributed by atoms with Crippen molar-refractivity contribution >= 4 is 17.0 Å². The van der Waals surface area contributed by atoms with Crippen molar-refractivity contribution in [2.45, 2.75) is 121 Å². The van der Waals surface area contributed by atoms with Crippen molar-refractivity contribution in [2.24, 2.45) is 11.8 Å². The van der Waals surface area contributed by atoms with Gasteiger partial charge in [0, 0.05) is 30.1 Å². The molecule has 1 N–H and O–H groups in total. The Morgan fingerprint density at radius 2 is 1.53 bits per heavy atom. The number of para-hydroxylation sites is 2. The molecule has 2 bridgehead atoms. The van der Waals surface area contributed by atoms with Crippen molar-refractivity contribution in [3.63, 3.8) is 0 Å². The number of rotatable bonds is 7. The van der Waals surface area contributed by atoms with E-state index in [9.17, 15) is 9.90 Å². The Morgan fingerprint density at radius 3 is 2.16 bits per heavy atom. The molecule has 6 rings (SSSR count). The third-order valence-electron chi connectivity index (χ3n) is 10.8. The number of carboxylic acids is 1. The van der Waals surface area contributed by atoms with Gasteiger partial charge in [0.05, 0.1) is 17.6 Å². The molecular weight excluding hydrogens is 472 g/mol. The quantitative estimate of drug-likeness (QED) is 0.454. The zero-order chi connectivity index (χ0) is 26.2. The van der Waals surface area contributed by atoms with Crippen LogP contribution < -0.4 is 0 Å². The molecule has 2 aromatic rings. The zero-order valence-corrected chi connectivity index (χ0v) is 23.6. The molecule has 38 heavy (non-hydrogen) atoms. The Hall–Kier alpha value is -1.92. The van der Waals surface area contributed by atoms with Crippen LogP contribution in [-0.2, 0) is 4.79 Å². The minimum Gasteiger partial charge on any atom is -0.480 e. The molecule has 0 amide bonds. The molecule has 6 nitrogen and oxygen atoms in total. The first-order chi connectivity index (χ1) is 18.5. The predicted molar refractivity (Wildman–Crippen MR) is 153 cm³/mol. The van der Waals surface area contributed by atoms with E-state index in [4.69, 9.17) is 4.98 Å². The van der Waals surface area contributed by atoms with Crippen molar-refractivity contribution in [3.8, 4) is 0 Å². The number of imidazole rings is 1. The van der Waals surface area contributed by atoms with E-state index < -0.39 is 5.97 Å². The number of nitrogens with zero attached hydrogens (tertiary/aromatic N) is 4. The molecule has 1 saturated carbocycles. The van der Waals surface area contributed by atoms with Crippen LogP contribution in [0.25, 0.3) is 11.0 Å². The normalized spacial score (nSPS) is 33.5. The molecule has 3 saturated heterocycles. The number of aliphatic carboxylic acids is 1. The number of hydrogen-bond donors (Lipinski definition) is 1. The first-order valence-corrected chi connectivity index (χ1v) is 15.7. The molecule has 1 aromatic carbocycles. The first-order valence-electron chi connectivity index (χ1n) is 15.7. The van der Waals surface area contributed by atoms with Gasteiger partial charge in [-0.3, -0.25) is 14.6 Å². The molecule has 0 radical (unpaired) electrons. The van der Waals surface area contributed by atoms with Crippen LogP contribution in [0.3, 0.4) is 0 Å². The highest BCUT2D eigenvalue weighted by Gasteiger charge is 2.45. The number of fused-ring (bicyclic) bond motifs is 3. The Balaban J connectivity index is 1.26. The second-order valence-corrected chi connectivity index (χ2v) is 13.0. The van der Waals surface area contributed by atoms with Crippen LogP contribution in [0.2, 0.25) is 0 Å². The number of carboxylic acid groups (broad SMARTS) is 1. The molecule has 4 atom stereocenters. The van der Waals surface area contributed by atoms with Crippen LogP contribution in [0.5, 0.6) is 0 Å². The van der Waals surface area contributed by atoms with Gasteiger partial charge in [-0.05, 0) is 94.8 Å². The molecule has 4 aliphatic rings. The van der Waals surface area contributed by atoms with Gasteiger partial charge < -0.3 is 9.67 Å². The highest BCUT2D eigenvalue weighted by molar-refractivity contribution is 5.76. The fourth-order valence-corrected chi connectivity index (χ4v) is 8.91. The van der Waals surface area contributed by atoms with Gasteiger partial charge in [0.15, 0.2) is 0 Å².